The second kappa shape index (κ2) is 5.43. The highest BCUT2D eigenvalue weighted by Gasteiger charge is 2.06. The van der Waals surface area contributed by atoms with Crippen LogP contribution in [0, 0.1) is 11.3 Å². The first-order chi connectivity index (χ1) is 8.69. The van der Waals surface area contributed by atoms with Crippen LogP contribution in [0.15, 0.2) is 47.2 Å². The number of nitrogens with zero attached hydrogens (tertiary/aromatic N) is 2. The SMILES string of the molecule is N#Cc1ccc(NC(=O)c2ccnc(Br)c2)cc1. The summed E-state index contributed by atoms with van der Waals surface area (Å²) in [5.74, 6) is -0.220. The molecule has 0 unspecified atom stereocenters. The van der Waals surface area contributed by atoms with Crippen LogP contribution in [0.1, 0.15) is 15.9 Å². The van der Waals surface area contributed by atoms with Gasteiger partial charge in [-0.25, -0.2) is 4.98 Å². The van der Waals surface area contributed by atoms with Crippen LogP contribution < -0.4 is 5.32 Å². The number of nitrogens with one attached hydrogen (secondary N) is 1. The molecule has 18 heavy (non-hydrogen) atoms. The van der Waals surface area contributed by atoms with Crippen LogP contribution >= 0.6 is 15.9 Å². The third-order valence-electron chi connectivity index (χ3n) is 2.26. The van der Waals surface area contributed by atoms with Gasteiger partial charge >= 0.3 is 0 Å². The average molecular weight is 302 g/mol. The predicted molar refractivity (Wildman–Crippen MR) is 71.0 cm³/mol. The number of anilines is 1. The largest absolute Gasteiger partial charge is 0.322 e. The van der Waals surface area contributed by atoms with E-state index in [0.717, 1.165) is 0 Å². The van der Waals surface area contributed by atoms with Gasteiger partial charge in [-0.15, -0.1) is 0 Å². The molecule has 2 aromatic rings. The number of carbonyl (C=O) groups excluding carboxylic acids is 1. The lowest BCUT2D eigenvalue weighted by atomic mass is 10.2. The molecular formula is C13H8BrN3O. The molecule has 1 aromatic carbocycles. The van der Waals surface area contributed by atoms with Crippen LogP contribution in [-0.2, 0) is 0 Å². The summed E-state index contributed by atoms with van der Waals surface area (Å²) in [6.45, 7) is 0. The lowest BCUT2D eigenvalue weighted by molar-refractivity contribution is 0.102. The highest BCUT2D eigenvalue weighted by molar-refractivity contribution is 9.10. The van der Waals surface area contributed by atoms with Gasteiger partial charge in [0.1, 0.15) is 4.60 Å². The second-order valence-electron chi connectivity index (χ2n) is 3.51. The van der Waals surface area contributed by atoms with Gasteiger partial charge < -0.3 is 5.32 Å². The number of hydrogen-bond donors (Lipinski definition) is 1. The van der Waals surface area contributed by atoms with Crippen molar-refractivity contribution in [2.75, 3.05) is 5.32 Å². The van der Waals surface area contributed by atoms with E-state index in [1.54, 1.807) is 42.6 Å². The maximum atomic E-state index is 11.9. The van der Waals surface area contributed by atoms with Gasteiger partial charge in [0, 0.05) is 17.4 Å². The molecule has 88 valence electrons. The van der Waals surface area contributed by atoms with Crippen molar-refractivity contribution in [1.82, 2.24) is 4.98 Å². The van der Waals surface area contributed by atoms with Gasteiger partial charge in [-0.1, -0.05) is 0 Å². The zero-order valence-corrected chi connectivity index (χ0v) is 10.8. The molecule has 1 aromatic heterocycles. The van der Waals surface area contributed by atoms with Crippen molar-refractivity contribution in [3.05, 3.63) is 58.3 Å². The molecule has 1 heterocycles. The fourth-order valence-electron chi connectivity index (χ4n) is 1.38. The van der Waals surface area contributed by atoms with Crippen molar-refractivity contribution < 1.29 is 4.79 Å². The Balaban J connectivity index is 2.14. The predicted octanol–water partition coefficient (Wildman–Crippen LogP) is 2.97. The first-order valence-electron chi connectivity index (χ1n) is 5.12. The van der Waals surface area contributed by atoms with E-state index in [1.807, 2.05) is 6.07 Å². The molecule has 0 aliphatic carbocycles. The van der Waals surface area contributed by atoms with Gasteiger partial charge in [0.05, 0.1) is 11.6 Å². The highest BCUT2D eigenvalue weighted by atomic mass is 79.9. The van der Waals surface area contributed by atoms with Crippen LogP contribution in [0.3, 0.4) is 0 Å². The fourth-order valence-corrected chi connectivity index (χ4v) is 1.74. The van der Waals surface area contributed by atoms with E-state index in [-0.39, 0.29) is 5.91 Å². The molecule has 0 aliphatic heterocycles. The molecular weight excluding hydrogens is 294 g/mol. The van der Waals surface area contributed by atoms with Gasteiger partial charge in [-0.2, -0.15) is 5.26 Å². The molecule has 0 spiro atoms. The molecule has 0 radical (unpaired) electrons. The lowest BCUT2D eigenvalue weighted by Crippen LogP contribution is -2.11. The first kappa shape index (κ1) is 12.3. The van der Waals surface area contributed by atoms with Gasteiger partial charge in [-0.05, 0) is 52.3 Å². The zero-order chi connectivity index (χ0) is 13.0. The summed E-state index contributed by atoms with van der Waals surface area (Å²) in [4.78, 5) is 15.8. The molecule has 1 N–H and O–H groups in total. The molecule has 0 saturated heterocycles. The minimum Gasteiger partial charge on any atom is -0.322 e. The Bertz CT molecular complexity index is 617. The molecule has 0 bridgehead atoms. The van der Waals surface area contributed by atoms with E-state index in [9.17, 15) is 4.79 Å². The van der Waals surface area contributed by atoms with Gasteiger partial charge in [0.2, 0.25) is 0 Å². The van der Waals surface area contributed by atoms with Gasteiger partial charge in [0.25, 0.3) is 5.91 Å². The number of pyridine rings is 1. The fraction of sp³-hybridized carbons (Fsp3) is 0. The Hall–Kier alpha value is -2.19. The topological polar surface area (TPSA) is 65.8 Å². The summed E-state index contributed by atoms with van der Waals surface area (Å²) < 4.78 is 0.606. The Kier molecular flexibility index (Phi) is 3.70. The summed E-state index contributed by atoms with van der Waals surface area (Å²) in [6.07, 6.45) is 1.55. The second-order valence-corrected chi connectivity index (χ2v) is 4.32. The molecule has 0 atom stereocenters. The van der Waals surface area contributed by atoms with Gasteiger partial charge in [-0.3, -0.25) is 4.79 Å². The Morgan fingerprint density at radius 1 is 1.28 bits per heavy atom. The molecule has 4 nitrogen and oxygen atoms in total. The molecule has 5 heteroatoms. The smallest absolute Gasteiger partial charge is 0.255 e. The third kappa shape index (κ3) is 2.93. The summed E-state index contributed by atoms with van der Waals surface area (Å²) in [7, 11) is 0. The zero-order valence-electron chi connectivity index (χ0n) is 9.22. The minimum atomic E-state index is -0.220. The lowest BCUT2D eigenvalue weighted by Gasteiger charge is -2.05. The maximum Gasteiger partial charge on any atom is 0.255 e. The summed E-state index contributed by atoms with van der Waals surface area (Å²) >= 11 is 3.21. The number of amides is 1. The Morgan fingerprint density at radius 2 is 2.00 bits per heavy atom. The number of nitriles is 1. The summed E-state index contributed by atoms with van der Waals surface area (Å²) in [5, 5.41) is 11.4. The monoisotopic (exact) mass is 301 g/mol. The molecule has 2 rings (SSSR count). The molecule has 1 amide bonds. The van der Waals surface area contributed by atoms with Crippen LogP contribution in [-0.4, -0.2) is 10.9 Å². The molecule has 0 fully saturated rings. The van der Waals surface area contributed by atoms with Crippen molar-refractivity contribution in [2.24, 2.45) is 0 Å². The van der Waals surface area contributed by atoms with Gasteiger partial charge in [0.15, 0.2) is 0 Å². The molecule has 0 aliphatic rings. The minimum absolute atomic E-state index is 0.220. The van der Waals surface area contributed by atoms with Crippen molar-refractivity contribution in [2.45, 2.75) is 0 Å². The van der Waals surface area contributed by atoms with E-state index >= 15 is 0 Å². The average Bonchev–Trinajstić information content (AvgIpc) is 2.39. The van der Waals surface area contributed by atoms with Crippen LogP contribution in [0.5, 0.6) is 0 Å². The number of rotatable bonds is 2. The van der Waals surface area contributed by atoms with Crippen molar-refractivity contribution in [3.63, 3.8) is 0 Å². The van der Waals surface area contributed by atoms with Crippen molar-refractivity contribution in [3.8, 4) is 6.07 Å². The van der Waals surface area contributed by atoms with E-state index in [2.05, 4.69) is 26.2 Å². The van der Waals surface area contributed by atoms with E-state index in [4.69, 9.17) is 5.26 Å². The summed E-state index contributed by atoms with van der Waals surface area (Å²) in [5.41, 5.74) is 1.72. The van der Waals surface area contributed by atoms with Crippen LogP contribution in [0.25, 0.3) is 0 Å². The highest BCUT2D eigenvalue weighted by Crippen LogP contribution is 2.12. The van der Waals surface area contributed by atoms with E-state index < -0.39 is 0 Å². The maximum absolute atomic E-state index is 11.9. The Labute approximate surface area is 112 Å². The van der Waals surface area contributed by atoms with Crippen molar-refractivity contribution in [1.29, 1.82) is 5.26 Å². The quantitative estimate of drug-likeness (QED) is 0.867. The standard InChI is InChI=1S/C13H8BrN3O/c14-12-7-10(5-6-16-12)13(18)17-11-3-1-9(8-15)2-4-11/h1-7H,(H,17,18). The number of hydrogen-bond acceptors (Lipinski definition) is 3. The summed E-state index contributed by atoms with van der Waals surface area (Å²) in [6, 6.07) is 12.0. The normalized spacial score (nSPS) is 9.56. The number of carbonyl (C=O) groups is 1. The number of halogens is 1. The van der Waals surface area contributed by atoms with Crippen LogP contribution in [0.4, 0.5) is 5.69 Å². The van der Waals surface area contributed by atoms with Crippen molar-refractivity contribution >= 4 is 27.5 Å². The number of aromatic nitrogens is 1. The van der Waals surface area contributed by atoms with E-state index in [0.29, 0.717) is 21.4 Å². The van der Waals surface area contributed by atoms with Crippen LogP contribution in [0.2, 0.25) is 0 Å². The number of benzene rings is 1. The molecule has 0 saturated carbocycles. The Morgan fingerprint density at radius 3 is 2.61 bits per heavy atom. The third-order valence-corrected chi connectivity index (χ3v) is 2.69. The first-order valence-corrected chi connectivity index (χ1v) is 5.91. The van der Waals surface area contributed by atoms with E-state index in [1.165, 1.54) is 0 Å².